The topological polar surface area (TPSA) is 30.0 Å². The number of rotatable bonds is 2. The van der Waals surface area contributed by atoms with Crippen molar-refractivity contribution in [2.75, 3.05) is 0 Å². The second-order valence-corrected chi connectivity index (χ2v) is 6.99. The second-order valence-electron chi connectivity index (χ2n) is 6.99. The van der Waals surface area contributed by atoms with Gasteiger partial charge in [0, 0.05) is 28.6 Å². The monoisotopic (exact) mass is 436 g/mol. The molecule has 0 fully saturated rings. The molecule has 2 heterocycles. The van der Waals surface area contributed by atoms with Crippen LogP contribution in [0.3, 0.4) is 0 Å². The minimum absolute atomic E-state index is 0.114. The molecular weight excluding hydrogens is 401 g/mol. The summed E-state index contributed by atoms with van der Waals surface area (Å²) in [6, 6.07) is 26.4. The van der Waals surface area contributed by atoms with Gasteiger partial charge in [0.25, 0.3) is 0 Å². The lowest BCUT2D eigenvalue weighted by atomic mass is 9.65. The van der Waals surface area contributed by atoms with Crippen molar-refractivity contribution < 1.29 is 4.79 Å². The van der Waals surface area contributed by atoms with E-state index in [1.807, 2.05) is 90.1 Å². The predicted octanol–water partition coefficient (Wildman–Crippen LogP) is 6.98. The number of benzene rings is 3. The molecule has 0 N–H and O–H groups in total. The van der Waals surface area contributed by atoms with Crippen molar-refractivity contribution in [3.8, 4) is 0 Å². The Kier molecular flexibility index (Phi) is 10.6. The fraction of sp³-hybridized carbons (Fsp3) is 0.267. The molecule has 2 nitrogen and oxygen atoms in total. The normalized spacial score (nSPS) is 11.0. The van der Waals surface area contributed by atoms with Crippen LogP contribution < -0.4 is 5.46 Å². The molecule has 169 valence electrons. The number of fused-ring (bicyclic) bond motifs is 3. The van der Waals surface area contributed by atoms with Crippen LogP contribution >= 0.6 is 0 Å². The summed E-state index contributed by atoms with van der Waals surface area (Å²) < 4.78 is 0. The Labute approximate surface area is 200 Å². The molecule has 0 unspecified atom stereocenters. The smallest absolute Gasteiger partial charge is 0.192 e. The van der Waals surface area contributed by atoms with Crippen molar-refractivity contribution in [3.63, 3.8) is 0 Å². The molecule has 0 bridgehead atoms. The summed E-state index contributed by atoms with van der Waals surface area (Å²) in [4.78, 5) is 17.8. The number of para-hydroxylation sites is 1. The Hall–Kier alpha value is -3.20. The van der Waals surface area contributed by atoms with E-state index in [1.54, 1.807) is 0 Å². The first kappa shape index (κ1) is 26.1. The lowest BCUT2D eigenvalue weighted by molar-refractivity contribution is 0.103. The Bertz CT molecular complexity index is 1180. The van der Waals surface area contributed by atoms with Gasteiger partial charge in [0.15, 0.2) is 13.1 Å². The van der Waals surface area contributed by atoms with Gasteiger partial charge in [-0.1, -0.05) is 108 Å². The minimum Gasteiger partial charge on any atom is -0.289 e. The molecule has 5 rings (SSSR count). The molecule has 0 saturated carbocycles. The SMILES string of the molecule is CC.CC.CC.O=C1c2cc(Cc3ccc4ccccc4n3)ccc2[B]Cc2ccccc21. The van der Waals surface area contributed by atoms with E-state index in [4.69, 9.17) is 4.98 Å². The standard InChI is InChI=1S/C24H17BNO.3C2H6/c27-24-20-7-3-1-6-18(20)15-25-22-12-9-16(14-21(22)24)13-19-11-10-17-5-2-4-8-23(17)26-19;3*1-2/h1-12,14H,13,15H2;3*1-2H3. The number of ketones is 1. The van der Waals surface area contributed by atoms with Crippen molar-refractivity contribution in [3.05, 3.63) is 107 Å². The summed E-state index contributed by atoms with van der Waals surface area (Å²) in [6.45, 7) is 12.0. The number of carbonyl (C=O) groups is 1. The van der Waals surface area contributed by atoms with Gasteiger partial charge in [-0.15, -0.1) is 0 Å². The van der Waals surface area contributed by atoms with E-state index in [0.29, 0.717) is 6.42 Å². The number of nitrogens with zero attached hydrogens (tertiary/aromatic N) is 1. The summed E-state index contributed by atoms with van der Waals surface area (Å²) in [5.41, 5.74) is 6.84. The first-order valence-electron chi connectivity index (χ1n) is 12.2. The Morgan fingerprint density at radius 3 is 2.24 bits per heavy atom. The van der Waals surface area contributed by atoms with Crippen molar-refractivity contribution in [2.45, 2.75) is 54.3 Å². The van der Waals surface area contributed by atoms with Crippen molar-refractivity contribution >= 4 is 29.4 Å². The van der Waals surface area contributed by atoms with E-state index < -0.39 is 0 Å². The van der Waals surface area contributed by atoms with Crippen LogP contribution in [0.4, 0.5) is 0 Å². The van der Waals surface area contributed by atoms with E-state index >= 15 is 0 Å². The molecule has 1 aliphatic rings. The van der Waals surface area contributed by atoms with Crippen LogP contribution in [0.1, 0.15) is 74.3 Å². The minimum atomic E-state index is 0.114. The van der Waals surface area contributed by atoms with Gasteiger partial charge in [-0.2, -0.15) is 0 Å². The molecule has 3 aromatic carbocycles. The summed E-state index contributed by atoms with van der Waals surface area (Å²) in [6.07, 6.45) is 1.51. The van der Waals surface area contributed by atoms with Crippen LogP contribution in [0.25, 0.3) is 10.9 Å². The molecule has 0 amide bonds. The Morgan fingerprint density at radius 2 is 1.45 bits per heavy atom. The van der Waals surface area contributed by atoms with Gasteiger partial charge in [-0.25, -0.2) is 0 Å². The van der Waals surface area contributed by atoms with Crippen LogP contribution in [0.15, 0.2) is 78.9 Å². The fourth-order valence-electron chi connectivity index (χ4n) is 3.79. The van der Waals surface area contributed by atoms with Gasteiger partial charge in [-0.05, 0) is 35.6 Å². The molecule has 0 saturated heterocycles. The van der Waals surface area contributed by atoms with Crippen LogP contribution in [0, 0.1) is 0 Å². The molecule has 0 aliphatic carbocycles. The zero-order chi connectivity index (χ0) is 24.2. The predicted molar refractivity (Wildman–Crippen MR) is 144 cm³/mol. The van der Waals surface area contributed by atoms with E-state index in [9.17, 15) is 4.79 Å². The molecular formula is C30H35BNO. The van der Waals surface area contributed by atoms with E-state index in [0.717, 1.165) is 50.6 Å². The van der Waals surface area contributed by atoms with Crippen molar-refractivity contribution in [1.82, 2.24) is 4.98 Å². The number of hydrogen-bond acceptors (Lipinski definition) is 2. The molecule has 1 aromatic heterocycles. The first-order valence-corrected chi connectivity index (χ1v) is 12.2. The number of aromatic nitrogens is 1. The molecule has 0 atom stereocenters. The third kappa shape index (κ3) is 6.19. The number of hydrogen-bond donors (Lipinski definition) is 0. The highest BCUT2D eigenvalue weighted by Crippen LogP contribution is 2.20. The Balaban J connectivity index is 0.000000597. The van der Waals surface area contributed by atoms with Crippen molar-refractivity contribution in [2.24, 2.45) is 0 Å². The zero-order valence-corrected chi connectivity index (χ0v) is 20.9. The maximum atomic E-state index is 13.1. The molecule has 4 aromatic rings. The van der Waals surface area contributed by atoms with Gasteiger partial charge in [0.2, 0.25) is 0 Å². The second kappa shape index (κ2) is 13.4. The maximum absolute atomic E-state index is 13.1. The van der Waals surface area contributed by atoms with Gasteiger partial charge >= 0.3 is 0 Å². The maximum Gasteiger partial charge on any atom is 0.192 e. The molecule has 1 radical (unpaired) electrons. The van der Waals surface area contributed by atoms with Crippen LogP contribution in [0.2, 0.25) is 0 Å². The highest BCUT2D eigenvalue weighted by Gasteiger charge is 2.21. The average molecular weight is 436 g/mol. The lowest BCUT2D eigenvalue weighted by Gasteiger charge is -2.09. The summed E-state index contributed by atoms with van der Waals surface area (Å²) in [5, 5.41) is 1.14. The third-order valence-electron chi connectivity index (χ3n) is 5.21. The lowest BCUT2D eigenvalue weighted by Crippen LogP contribution is -2.21. The van der Waals surface area contributed by atoms with Crippen LogP contribution in [-0.2, 0) is 12.7 Å². The van der Waals surface area contributed by atoms with Crippen LogP contribution in [-0.4, -0.2) is 18.0 Å². The zero-order valence-electron chi connectivity index (χ0n) is 20.9. The molecule has 0 spiro atoms. The fourth-order valence-corrected chi connectivity index (χ4v) is 3.79. The third-order valence-corrected chi connectivity index (χ3v) is 5.21. The summed E-state index contributed by atoms with van der Waals surface area (Å²) in [7, 11) is 2.15. The average Bonchev–Trinajstić information content (AvgIpc) is 3.04. The van der Waals surface area contributed by atoms with Crippen molar-refractivity contribution in [1.29, 1.82) is 0 Å². The molecule has 1 aliphatic heterocycles. The highest BCUT2D eigenvalue weighted by atomic mass is 16.1. The number of pyridine rings is 1. The van der Waals surface area contributed by atoms with Gasteiger partial charge in [0.05, 0.1) is 5.52 Å². The largest absolute Gasteiger partial charge is 0.289 e. The first-order chi connectivity index (χ1) is 16.3. The summed E-state index contributed by atoms with van der Waals surface area (Å²) in [5.74, 6) is 0.114. The summed E-state index contributed by atoms with van der Waals surface area (Å²) >= 11 is 0. The highest BCUT2D eigenvalue weighted by molar-refractivity contribution is 6.56. The van der Waals surface area contributed by atoms with Crippen LogP contribution in [0.5, 0.6) is 0 Å². The van der Waals surface area contributed by atoms with Gasteiger partial charge < -0.3 is 0 Å². The quantitative estimate of drug-likeness (QED) is 0.317. The molecule has 3 heteroatoms. The van der Waals surface area contributed by atoms with Gasteiger partial charge in [0.1, 0.15) is 0 Å². The van der Waals surface area contributed by atoms with E-state index in [1.165, 1.54) is 0 Å². The Morgan fingerprint density at radius 1 is 0.758 bits per heavy atom. The molecule has 33 heavy (non-hydrogen) atoms. The van der Waals surface area contributed by atoms with E-state index in [2.05, 4.69) is 37.6 Å². The number of carbonyl (C=O) groups excluding carboxylic acids is 1. The van der Waals surface area contributed by atoms with Gasteiger partial charge in [-0.3, -0.25) is 9.78 Å². The van der Waals surface area contributed by atoms with E-state index in [-0.39, 0.29) is 5.78 Å².